The van der Waals surface area contributed by atoms with Crippen molar-refractivity contribution < 1.29 is 18.4 Å². The average Bonchev–Trinajstić information content (AvgIpc) is 3.48. The number of hydrogen-bond acceptors (Lipinski definition) is 6. The van der Waals surface area contributed by atoms with E-state index in [1.807, 2.05) is 12.1 Å². The van der Waals surface area contributed by atoms with Gasteiger partial charge in [-0.1, -0.05) is 0 Å². The molecule has 2 aliphatic heterocycles. The van der Waals surface area contributed by atoms with E-state index in [-0.39, 0.29) is 23.8 Å². The predicted molar refractivity (Wildman–Crippen MR) is 128 cm³/mol. The summed E-state index contributed by atoms with van der Waals surface area (Å²) in [6.07, 6.45) is 1.76. The summed E-state index contributed by atoms with van der Waals surface area (Å²) >= 11 is 1.35. The van der Waals surface area contributed by atoms with Gasteiger partial charge in [-0.3, -0.25) is 14.5 Å². The van der Waals surface area contributed by atoms with Crippen molar-refractivity contribution in [1.29, 1.82) is 0 Å². The van der Waals surface area contributed by atoms with Gasteiger partial charge < -0.3 is 15.2 Å². The third-order valence-electron chi connectivity index (χ3n) is 6.78. The number of Topliss-reactive ketones (excluding diaryl/α,β-unsaturated/α-hetero) is 1. The van der Waals surface area contributed by atoms with E-state index in [1.165, 1.54) is 17.4 Å². The summed E-state index contributed by atoms with van der Waals surface area (Å²) in [5.41, 5.74) is 3.76. The van der Waals surface area contributed by atoms with Crippen molar-refractivity contribution in [2.24, 2.45) is 0 Å². The number of fused-ring (bicyclic) bond motifs is 1. The maximum atomic E-state index is 13.8. The van der Waals surface area contributed by atoms with E-state index in [1.54, 1.807) is 33.8 Å². The van der Waals surface area contributed by atoms with Crippen molar-refractivity contribution in [2.45, 2.75) is 18.1 Å². The van der Waals surface area contributed by atoms with Crippen LogP contribution in [0.15, 0.2) is 59.6 Å². The Bertz CT molecular complexity index is 1430. The normalized spacial score (nSPS) is 20.4. The van der Waals surface area contributed by atoms with E-state index in [0.29, 0.717) is 23.5 Å². The van der Waals surface area contributed by atoms with Crippen molar-refractivity contribution in [3.8, 4) is 5.69 Å². The molecule has 2 aromatic heterocycles. The van der Waals surface area contributed by atoms with Crippen LogP contribution in [0.3, 0.4) is 0 Å². The second-order valence-corrected chi connectivity index (χ2v) is 9.55. The highest BCUT2D eigenvalue weighted by molar-refractivity contribution is 7.07. The van der Waals surface area contributed by atoms with Crippen LogP contribution in [0.2, 0.25) is 0 Å². The summed E-state index contributed by atoms with van der Waals surface area (Å²) in [4.78, 5) is 32.4. The molecule has 2 aromatic carbocycles. The molecule has 7 nitrogen and oxygen atoms in total. The molecule has 35 heavy (non-hydrogen) atoms. The number of nitrogens with zero attached hydrogens (tertiary/aromatic N) is 3. The lowest BCUT2D eigenvalue weighted by Crippen LogP contribution is -2.76. The number of carbonyl (C=O) groups is 2. The van der Waals surface area contributed by atoms with Crippen molar-refractivity contribution in [3.63, 3.8) is 0 Å². The molecule has 2 aliphatic rings. The topological polar surface area (TPSA) is 79.3 Å². The van der Waals surface area contributed by atoms with Gasteiger partial charge >= 0.3 is 0 Å². The van der Waals surface area contributed by atoms with Crippen molar-refractivity contribution >= 4 is 33.9 Å². The fraction of sp³-hybridized carbons (Fsp3) is 0.240. The van der Waals surface area contributed by atoms with Crippen molar-refractivity contribution in [2.75, 3.05) is 19.6 Å². The molecule has 2 saturated heterocycles. The smallest absolute Gasteiger partial charge is 0.271 e. The zero-order valence-electron chi connectivity index (χ0n) is 18.4. The second kappa shape index (κ2) is 8.63. The zero-order valence-corrected chi connectivity index (χ0v) is 19.3. The number of amides is 1. The Hall–Kier alpha value is -3.47. The number of halogens is 2. The molecule has 0 radical (unpaired) electrons. The van der Waals surface area contributed by atoms with Gasteiger partial charge in [0.15, 0.2) is 17.4 Å². The highest BCUT2D eigenvalue weighted by atomic mass is 32.1. The second-order valence-electron chi connectivity index (χ2n) is 8.83. The Kier molecular flexibility index (Phi) is 5.43. The van der Waals surface area contributed by atoms with Crippen LogP contribution >= 0.6 is 11.3 Å². The van der Waals surface area contributed by atoms with Crippen LogP contribution in [0.4, 0.5) is 8.78 Å². The molecule has 1 amide bonds. The summed E-state index contributed by atoms with van der Waals surface area (Å²) in [6.45, 7) is 2.23. The molecule has 6 rings (SSSR count). The number of hydrogen-bond donors (Lipinski definition) is 2. The first kappa shape index (κ1) is 22.0. The number of aromatic nitrogens is 2. The van der Waals surface area contributed by atoms with Crippen LogP contribution in [-0.2, 0) is 0 Å². The number of likely N-dealkylation sites (tertiary alicyclic amines) is 1. The molecule has 0 spiro atoms. The van der Waals surface area contributed by atoms with E-state index in [4.69, 9.17) is 0 Å². The Balaban J connectivity index is 1.27. The minimum atomic E-state index is -0.919. The Morgan fingerprint density at radius 1 is 1.09 bits per heavy atom. The van der Waals surface area contributed by atoms with Gasteiger partial charge in [-0.15, -0.1) is 11.3 Å². The first-order chi connectivity index (χ1) is 17.0. The third kappa shape index (κ3) is 3.83. The first-order valence-electron chi connectivity index (χ1n) is 11.3. The monoisotopic (exact) mass is 493 g/mol. The Morgan fingerprint density at radius 2 is 1.94 bits per heavy atom. The Labute approximate surface area is 203 Å². The maximum absolute atomic E-state index is 13.8. The summed E-state index contributed by atoms with van der Waals surface area (Å²) in [5, 5.41) is 8.70. The van der Waals surface area contributed by atoms with Crippen molar-refractivity contribution in [3.05, 3.63) is 82.4 Å². The van der Waals surface area contributed by atoms with Crippen LogP contribution in [0, 0.1) is 11.6 Å². The highest BCUT2D eigenvalue weighted by Gasteiger charge is 2.49. The summed E-state index contributed by atoms with van der Waals surface area (Å²) < 4.78 is 28.9. The Morgan fingerprint density at radius 3 is 2.66 bits per heavy atom. The molecule has 4 aromatic rings. The number of ketones is 1. The molecule has 10 heteroatoms. The van der Waals surface area contributed by atoms with Gasteiger partial charge in [0, 0.05) is 60.0 Å². The number of rotatable bonds is 6. The number of thiazole rings is 1. The van der Waals surface area contributed by atoms with Gasteiger partial charge in [-0.25, -0.2) is 13.8 Å². The van der Waals surface area contributed by atoms with Gasteiger partial charge in [-0.2, -0.15) is 0 Å². The lowest BCUT2D eigenvalue weighted by Gasteiger charge is -2.53. The van der Waals surface area contributed by atoms with Gasteiger partial charge in [0.1, 0.15) is 5.69 Å². The molecule has 2 N–H and O–H groups in total. The average molecular weight is 494 g/mol. The number of nitrogens with one attached hydrogen (secondary N) is 2. The minimum absolute atomic E-state index is 0.0609. The van der Waals surface area contributed by atoms with Crippen LogP contribution in [0.5, 0.6) is 0 Å². The molecule has 178 valence electrons. The standard InChI is InChI=1S/C25H21F2N5O2S/c26-18-3-2-16(8-19(18)27)31-6-5-14-7-15(1-4-22(14)31)24(33)23-20(11-32(23)17-9-28-10-17)30-25(34)21-12-35-13-29-21/h1-8,12-13,17,20,23,28H,9-11H2,(H,30,34). The molecule has 0 aliphatic carbocycles. The van der Waals surface area contributed by atoms with E-state index >= 15 is 0 Å². The fourth-order valence-corrected chi connectivity index (χ4v) is 5.30. The van der Waals surface area contributed by atoms with Crippen molar-refractivity contribution in [1.82, 2.24) is 25.1 Å². The van der Waals surface area contributed by atoms with Crippen LogP contribution < -0.4 is 10.6 Å². The van der Waals surface area contributed by atoms with Gasteiger partial charge in [0.2, 0.25) is 0 Å². The summed E-state index contributed by atoms with van der Waals surface area (Å²) in [5.74, 6) is -2.16. The number of carbonyl (C=O) groups excluding carboxylic acids is 2. The van der Waals surface area contributed by atoms with Gasteiger partial charge in [-0.05, 0) is 36.4 Å². The van der Waals surface area contributed by atoms with Gasteiger partial charge in [0.25, 0.3) is 5.91 Å². The summed E-state index contributed by atoms with van der Waals surface area (Å²) in [7, 11) is 0. The molecular formula is C25H21F2N5O2S. The molecule has 2 unspecified atom stereocenters. The highest BCUT2D eigenvalue weighted by Crippen LogP contribution is 2.29. The molecular weight excluding hydrogens is 472 g/mol. The van der Waals surface area contributed by atoms with Crippen LogP contribution in [0.1, 0.15) is 20.8 Å². The molecule has 2 fully saturated rings. The lowest BCUT2D eigenvalue weighted by atomic mass is 9.85. The summed E-state index contributed by atoms with van der Waals surface area (Å²) in [6, 6.07) is 10.4. The fourth-order valence-electron chi connectivity index (χ4n) is 4.77. The molecule has 2 atom stereocenters. The largest absolute Gasteiger partial charge is 0.345 e. The first-order valence-corrected chi connectivity index (χ1v) is 12.2. The van der Waals surface area contributed by atoms with Crippen LogP contribution in [-0.4, -0.2) is 63.9 Å². The maximum Gasteiger partial charge on any atom is 0.271 e. The quantitative estimate of drug-likeness (QED) is 0.404. The lowest BCUT2D eigenvalue weighted by molar-refractivity contribution is -0.00548. The zero-order chi connectivity index (χ0) is 24.1. The van der Waals surface area contributed by atoms with E-state index in [0.717, 1.165) is 36.1 Å². The minimum Gasteiger partial charge on any atom is -0.345 e. The molecule has 0 saturated carbocycles. The van der Waals surface area contributed by atoms with E-state index < -0.39 is 17.7 Å². The predicted octanol–water partition coefficient (Wildman–Crippen LogP) is 3.00. The van der Waals surface area contributed by atoms with E-state index in [9.17, 15) is 18.4 Å². The number of benzene rings is 2. The molecule has 0 bridgehead atoms. The van der Waals surface area contributed by atoms with E-state index in [2.05, 4.69) is 20.5 Å². The van der Waals surface area contributed by atoms with Crippen LogP contribution in [0.25, 0.3) is 16.6 Å². The SMILES string of the molecule is O=C(NC1CN(C2CNC2)C1C(=O)c1ccc2c(ccn2-c2ccc(F)c(F)c2)c1)c1cscn1. The van der Waals surface area contributed by atoms with Gasteiger partial charge in [0.05, 0.1) is 23.1 Å². The molecule has 4 heterocycles. The third-order valence-corrected chi connectivity index (χ3v) is 7.37.